The van der Waals surface area contributed by atoms with Gasteiger partial charge in [0.2, 0.25) is 0 Å². The zero-order valence-corrected chi connectivity index (χ0v) is 14.9. The molecule has 0 aliphatic heterocycles. The maximum absolute atomic E-state index is 12.6. The van der Waals surface area contributed by atoms with Crippen molar-refractivity contribution in [3.63, 3.8) is 0 Å². The average Bonchev–Trinajstić information content (AvgIpc) is 2.60. The van der Waals surface area contributed by atoms with Crippen molar-refractivity contribution in [2.45, 2.75) is 18.2 Å². The minimum absolute atomic E-state index is 0.0340. The number of nitrogens with one attached hydrogen (secondary N) is 3. The summed E-state index contributed by atoms with van der Waals surface area (Å²) in [5.41, 5.74) is 0.723. The normalized spacial score (nSPS) is 10.8. The van der Waals surface area contributed by atoms with Gasteiger partial charge in [-0.3, -0.25) is 4.72 Å². The minimum atomic E-state index is -3.82. The molecule has 0 unspecified atom stereocenters. The first-order chi connectivity index (χ1) is 12.0. The Bertz CT molecular complexity index is 837. The van der Waals surface area contributed by atoms with Crippen LogP contribution in [0.25, 0.3) is 0 Å². The third kappa shape index (κ3) is 5.12. The molecule has 25 heavy (non-hydrogen) atoms. The van der Waals surface area contributed by atoms with Gasteiger partial charge in [0.15, 0.2) is 0 Å². The molecular weight excluding hydrogens is 342 g/mol. The quantitative estimate of drug-likeness (QED) is 0.704. The highest BCUT2D eigenvalue weighted by Crippen LogP contribution is 2.26. The highest BCUT2D eigenvalue weighted by molar-refractivity contribution is 7.92. The lowest BCUT2D eigenvalue weighted by molar-refractivity contribution is 0.252. The molecule has 0 bridgehead atoms. The van der Waals surface area contributed by atoms with Gasteiger partial charge in [-0.2, -0.15) is 0 Å². The average molecular weight is 363 g/mol. The smallest absolute Gasteiger partial charge is 0.319 e. The Kier molecular flexibility index (Phi) is 6.24. The Morgan fingerprint density at radius 1 is 1.12 bits per heavy atom. The van der Waals surface area contributed by atoms with E-state index in [-0.39, 0.29) is 10.9 Å². The van der Waals surface area contributed by atoms with Crippen LogP contribution >= 0.6 is 0 Å². The molecule has 0 radical (unpaired) electrons. The van der Waals surface area contributed by atoms with E-state index in [9.17, 15) is 13.2 Å². The van der Waals surface area contributed by atoms with Gasteiger partial charge in [-0.05, 0) is 36.8 Å². The van der Waals surface area contributed by atoms with Crippen LogP contribution in [0.3, 0.4) is 0 Å². The molecule has 2 rings (SSSR count). The van der Waals surface area contributed by atoms with Crippen molar-refractivity contribution >= 4 is 27.4 Å². The van der Waals surface area contributed by atoms with Crippen LogP contribution in [0.2, 0.25) is 0 Å². The van der Waals surface area contributed by atoms with Gasteiger partial charge >= 0.3 is 6.03 Å². The van der Waals surface area contributed by atoms with Gasteiger partial charge in [-0.1, -0.05) is 25.1 Å². The summed E-state index contributed by atoms with van der Waals surface area (Å²) in [5, 5.41) is 5.27. The van der Waals surface area contributed by atoms with Gasteiger partial charge in [0.1, 0.15) is 5.75 Å². The molecule has 0 heterocycles. The first-order valence-electron chi connectivity index (χ1n) is 7.77. The number of carbonyl (C=O) groups is 1. The Hall–Kier alpha value is -2.74. The lowest BCUT2D eigenvalue weighted by atomic mass is 10.3. The molecule has 7 nitrogen and oxygen atoms in total. The van der Waals surface area contributed by atoms with Crippen molar-refractivity contribution in [1.29, 1.82) is 0 Å². The molecule has 2 aromatic carbocycles. The van der Waals surface area contributed by atoms with E-state index in [0.717, 1.165) is 6.42 Å². The zero-order chi connectivity index (χ0) is 18.3. The Morgan fingerprint density at radius 2 is 1.88 bits per heavy atom. The Labute approximate surface area is 147 Å². The molecule has 0 aliphatic rings. The summed E-state index contributed by atoms with van der Waals surface area (Å²) in [4.78, 5) is 11.7. The summed E-state index contributed by atoms with van der Waals surface area (Å²) >= 11 is 0. The number of methoxy groups -OCH3 is 1. The lowest BCUT2D eigenvalue weighted by Crippen LogP contribution is -2.29. The molecule has 0 aromatic heterocycles. The van der Waals surface area contributed by atoms with Gasteiger partial charge in [0, 0.05) is 12.2 Å². The molecule has 0 aliphatic carbocycles. The fourth-order valence-corrected chi connectivity index (χ4v) is 3.20. The predicted molar refractivity (Wildman–Crippen MR) is 97.6 cm³/mol. The maximum atomic E-state index is 12.6. The summed E-state index contributed by atoms with van der Waals surface area (Å²) in [7, 11) is -2.36. The highest BCUT2D eigenvalue weighted by atomic mass is 32.2. The fraction of sp³-hybridized carbons (Fsp3) is 0.235. The molecule has 0 saturated heterocycles. The Balaban J connectivity index is 2.19. The molecule has 3 N–H and O–H groups in total. The number of carbonyl (C=O) groups excluding carboxylic acids is 1. The first-order valence-corrected chi connectivity index (χ1v) is 9.25. The summed E-state index contributed by atoms with van der Waals surface area (Å²) in [6.45, 7) is 2.48. The van der Waals surface area contributed by atoms with E-state index in [4.69, 9.17) is 4.74 Å². The van der Waals surface area contributed by atoms with Crippen molar-refractivity contribution in [1.82, 2.24) is 5.32 Å². The van der Waals surface area contributed by atoms with Gasteiger partial charge < -0.3 is 15.4 Å². The number of anilines is 2. The molecular formula is C17H21N3O4S. The van der Waals surface area contributed by atoms with Gasteiger partial charge in [-0.15, -0.1) is 0 Å². The number of hydrogen-bond donors (Lipinski definition) is 3. The standard InChI is InChI=1S/C17H21N3O4S/c1-3-11-18-17(21)19-13-7-6-8-14(12-13)25(22,23)20-15-9-4-5-10-16(15)24-2/h4-10,12,20H,3,11H2,1-2H3,(H2,18,19,21). The second-order valence-electron chi connectivity index (χ2n) is 5.21. The van der Waals surface area contributed by atoms with Crippen LogP contribution in [-0.2, 0) is 10.0 Å². The fourth-order valence-electron chi connectivity index (χ4n) is 2.09. The third-order valence-electron chi connectivity index (χ3n) is 3.29. The number of benzene rings is 2. The molecule has 0 saturated carbocycles. The zero-order valence-electron chi connectivity index (χ0n) is 14.1. The van der Waals surface area contributed by atoms with Crippen LogP contribution in [0.5, 0.6) is 5.75 Å². The van der Waals surface area contributed by atoms with Crippen LogP contribution in [-0.4, -0.2) is 28.1 Å². The summed E-state index contributed by atoms with van der Waals surface area (Å²) < 4.78 is 32.8. The second kappa shape index (κ2) is 8.39. The van der Waals surface area contributed by atoms with E-state index in [2.05, 4.69) is 15.4 Å². The monoisotopic (exact) mass is 363 g/mol. The van der Waals surface area contributed by atoms with Crippen LogP contribution in [0.1, 0.15) is 13.3 Å². The number of para-hydroxylation sites is 2. The van der Waals surface area contributed by atoms with Crippen LogP contribution in [0.4, 0.5) is 16.2 Å². The predicted octanol–water partition coefficient (Wildman–Crippen LogP) is 3.03. The summed E-state index contributed by atoms with van der Waals surface area (Å²) in [5.74, 6) is 0.416. The third-order valence-corrected chi connectivity index (χ3v) is 4.65. The Morgan fingerprint density at radius 3 is 2.60 bits per heavy atom. The van der Waals surface area contributed by atoms with Crippen molar-refractivity contribution in [3.8, 4) is 5.75 Å². The van der Waals surface area contributed by atoms with Gasteiger partial charge in [0.25, 0.3) is 10.0 Å². The molecule has 8 heteroatoms. The van der Waals surface area contributed by atoms with Crippen LogP contribution in [0.15, 0.2) is 53.4 Å². The van der Waals surface area contributed by atoms with E-state index < -0.39 is 10.0 Å². The maximum Gasteiger partial charge on any atom is 0.319 e. The van der Waals surface area contributed by atoms with Crippen LogP contribution in [0, 0.1) is 0 Å². The first kappa shape index (κ1) is 18.6. The van der Waals surface area contributed by atoms with Gasteiger partial charge in [-0.25, -0.2) is 13.2 Å². The van der Waals surface area contributed by atoms with E-state index in [1.165, 1.54) is 19.2 Å². The largest absolute Gasteiger partial charge is 0.495 e. The second-order valence-corrected chi connectivity index (χ2v) is 6.90. The summed E-state index contributed by atoms with van der Waals surface area (Å²) in [6.07, 6.45) is 0.810. The van der Waals surface area contributed by atoms with E-state index in [1.54, 1.807) is 36.4 Å². The number of amides is 2. The molecule has 2 aromatic rings. The van der Waals surface area contributed by atoms with Crippen molar-refractivity contribution < 1.29 is 17.9 Å². The van der Waals surface area contributed by atoms with E-state index in [0.29, 0.717) is 23.7 Å². The molecule has 2 amide bonds. The molecule has 0 atom stereocenters. The number of sulfonamides is 1. The molecule has 134 valence electrons. The van der Waals surface area contributed by atoms with Crippen molar-refractivity contribution in [3.05, 3.63) is 48.5 Å². The topological polar surface area (TPSA) is 96.5 Å². The lowest BCUT2D eigenvalue weighted by Gasteiger charge is -2.12. The summed E-state index contributed by atoms with van der Waals surface area (Å²) in [6, 6.07) is 12.4. The number of urea groups is 1. The van der Waals surface area contributed by atoms with E-state index in [1.807, 2.05) is 6.92 Å². The minimum Gasteiger partial charge on any atom is -0.495 e. The molecule has 0 fully saturated rings. The SMILES string of the molecule is CCCNC(=O)Nc1cccc(S(=O)(=O)Nc2ccccc2OC)c1. The number of rotatable bonds is 7. The van der Waals surface area contributed by atoms with Crippen molar-refractivity contribution in [2.75, 3.05) is 23.7 Å². The number of hydrogen-bond acceptors (Lipinski definition) is 4. The van der Waals surface area contributed by atoms with Crippen LogP contribution < -0.4 is 20.1 Å². The van der Waals surface area contributed by atoms with Crippen molar-refractivity contribution in [2.24, 2.45) is 0 Å². The van der Waals surface area contributed by atoms with Gasteiger partial charge in [0.05, 0.1) is 17.7 Å². The number of ether oxygens (including phenoxy) is 1. The highest BCUT2D eigenvalue weighted by Gasteiger charge is 2.17. The van der Waals surface area contributed by atoms with E-state index >= 15 is 0 Å². The molecule has 0 spiro atoms.